The maximum atomic E-state index is 11.4. The second-order valence-electron chi connectivity index (χ2n) is 6.35. The van der Waals surface area contributed by atoms with Crippen molar-refractivity contribution in [1.82, 2.24) is 9.80 Å². The second kappa shape index (κ2) is 12.6. The standard InChI is InChI=1S/2C8H16N2O3S/c2*1-4-5-6-7(14(9,12)13)8(11)10(2)3/h2*4,7H,1,5-6H2,2-3H3,(H2,9,12,13)/t2*7-/m10/s1. The van der Waals surface area contributed by atoms with Gasteiger partial charge in [0.1, 0.15) is 0 Å². The number of rotatable bonds is 10. The zero-order valence-electron chi connectivity index (χ0n) is 16.9. The fourth-order valence-corrected chi connectivity index (χ4v) is 3.88. The molecule has 0 aromatic carbocycles. The van der Waals surface area contributed by atoms with Gasteiger partial charge >= 0.3 is 0 Å². The van der Waals surface area contributed by atoms with Crippen LogP contribution in [-0.2, 0) is 29.6 Å². The Kier molecular flexibility index (Phi) is 12.9. The smallest absolute Gasteiger partial charge is 0.241 e. The number of nitrogens with zero attached hydrogens (tertiary/aromatic N) is 2. The zero-order chi connectivity index (χ0) is 22.7. The summed E-state index contributed by atoms with van der Waals surface area (Å²) in [6.45, 7) is 6.92. The minimum atomic E-state index is -3.82. The zero-order valence-corrected chi connectivity index (χ0v) is 18.5. The van der Waals surface area contributed by atoms with E-state index in [4.69, 9.17) is 10.3 Å². The molecule has 0 aromatic rings. The molecule has 0 unspecified atom stereocenters. The Morgan fingerprint density at radius 3 is 1.18 bits per heavy atom. The van der Waals surface area contributed by atoms with Gasteiger partial charge in [0.15, 0.2) is 10.5 Å². The lowest BCUT2D eigenvalue weighted by atomic mass is 10.2. The largest absolute Gasteiger partial charge is 0.348 e. The lowest BCUT2D eigenvalue weighted by Gasteiger charge is -2.17. The van der Waals surface area contributed by atoms with E-state index >= 15 is 0 Å². The van der Waals surface area contributed by atoms with E-state index in [0.717, 1.165) is 0 Å². The molecular formula is C16H32N4O6S2. The molecule has 0 aromatic heterocycles. The van der Waals surface area contributed by atoms with Crippen LogP contribution in [0, 0.1) is 0 Å². The van der Waals surface area contributed by atoms with Crippen LogP contribution in [0.2, 0.25) is 0 Å². The molecule has 0 aliphatic heterocycles. The molecule has 164 valence electrons. The van der Waals surface area contributed by atoms with Crippen LogP contribution in [0.5, 0.6) is 0 Å². The summed E-state index contributed by atoms with van der Waals surface area (Å²) < 4.78 is 44.3. The molecule has 0 heterocycles. The van der Waals surface area contributed by atoms with Crippen molar-refractivity contribution in [3.05, 3.63) is 25.3 Å². The van der Waals surface area contributed by atoms with Crippen LogP contribution in [0.25, 0.3) is 0 Å². The van der Waals surface area contributed by atoms with Gasteiger partial charge in [0.25, 0.3) is 0 Å². The first kappa shape index (κ1) is 28.4. The number of sulfonamides is 2. The number of carbonyl (C=O) groups excluding carboxylic acids is 2. The third-order valence-corrected chi connectivity index (χ3v) is 5.95. The van der Waals surface area contributed by atoms with Crippen molar-refractivity contribution in [3.8, 4) is 0 Å². The summed E-state index contributed by atoms with van der Waals surface area (Å²) in [4.78, 5) is 25.3. The summed E-state index contributed by atoms with van der Waals surface area (Å²) in [6.07, 6.45) is 4.36. The summed E-state index contributed by atoms with van der Waals surface area (Å²) >= 11 is 0. The Balaban J connectivity index is 0. The molecule has 0 radical (unpaired) electrons. The molecule has 12 heteroatoms. The van der Waals surface area contributed by atoms with Crippen molar-refractivity contribution < 1.29 is 26.4 Å². The van der Waals surface area contributed by atoms with Gasteiger partial charge in [0.2, 0.25) is 31.9 Å². The van der Waals surface area contributed by atoms with Gasteiger partial charge in [-0.15, -0.1) is 13.2 Å². The Bertz CT molecular complexity index is 681. The maximum Gasteiger partial charge on any atom is 0.241 e. The first-order valence-corrected chi connectivity index (χ1v) is 11.5. The van der Waals surface area contributed by atoms with Crippen LogP contribution in [0.1, 0.15) is 25.7 Å². The highest BCUT2D eigenvalue weighted by Crippen LogP contribution is 2.09. The second-order valence-corrected chi connectivity index (χ2v) is 9.85. The number of carbonyl (C=O) groups is 2. The normalized spacial score (nSPS) is 13.4. The van der Waals surface area contributed by atoms with Gasteiger partial charge in [-0.05, 0) is 25.7 Å². The number of amides is 2. The third kappa shape index (κ3) is 11.2. The molecule has 28 heavy (non-hydrogen) atoms. The van der Waals surface area contributed by atoms with Crippen LogP contribution in [0.15, 0.2) is 25.3 Å². The van der Waals surface area contributed by atoms with Gasteiger partial charge in [-0.2, -0.15) is 0 Å². The molecule has 0 fully saturated rings. The monoisotopic (exact) mass is 440 g/mol. The van der Waals surface area contributed by atoms with E-state index in [1.165, 1.54) is 38.0 Å². The number of hydrogen-bond acceptors (Lipinski definition) is 6. The minimum absolute atomic E-state index is 0.180. The molecule has 0 saturated carbocycles. The van der Waals surface area contributed by atoms with Crippen LogP contribution in [0.3, 0.4) is 0 Å². The lowest BCUT2D eigenvalue weighted by molar-refractivity contribution is -0.129. The number of allylic oxidation sites excluding steroid dienone is 2. The summed E-state index contributed by atoms with van der Waals surface area (Å²) in [7, 11) is -1.66. The van der Waals surface area contributed by atoms with E-state index < -0.39 is 42.4 Å². The first-order chi connectivity index (χ1) is 12.6. The summed E-state index contributed by atoms with van der Waals surface area (Å²) in [5.74, 6) is -0.983. The molecule has 4 N–H and O–H groups in total. The van der Waals surface area contributed by atoms with E-state index in [9.17, 15) is 26.4 Å². The summed E-state index contributed by atoms with van der Waals surface area (Å²) in [5.41, 5.74) is 0. The number of nitrogens with two attached hydrogens (primary N) is 2. The minimum Gasteiger partial charge on any atom is -0.348 e. The first-order valence-electron chi connectivity index (χ1n) is 8.28. The van der Waals surface area contributed by atoms with E-state index in [0.29, 0.717) is 12.8 Å². The average Bonchev–Trinajstić information content (AvgIpc) is 2.53. The molecule has 2 amide bonds. The van der Waals surface area contributed by atoms with Crippen molar-refractivity contribution in [1.29, 1.82) is 0 Å². The predicted molar refractivity (Wildman–Crippen MR) is 110 cm³/mol. The van der Waals surface area contributed by atoms with Crippen LogP contribution < -0.4 is 10.3 Å². The molecule has 0 aliphatic carbocycles. The van der Waals surface area contributed by atoms with Gasteiger partial charge in [0, 0.05) is 28.2 Å². The van der Waals surface area contributed by atoms with Crippen molar-refractivity contribution in [2.24, 2.45) is 10.3 Å². The van der Waals surface area contributed by atoms with Crippen molar-refractivity contribution >= 4 is 31.9 Å². The predicted octanol–water partition coefficient (Wildman–Crippen LogP) is -0.604. The van der Waals surface area contributed by atoms with Crippen molar-refractivity contribution in [2.45, 2.75) is 36.2 Å². The lowest BCUT2D eigenvalue weighted by Crippen LogP contribution is -2.42. The molecule has 2 atom stereocenters. The average molecular weight is 441 g/mol. The molecule has 10 nitrogen and oxygen atoms in total. The number of hydrogen-bond donors (Lipinski definition) is 2. The van der Waals surface area contributed by atoms with E-state index in [2.05, 4.69) is 13.2 Å². The van der Waals surface area contributed by atoms with Gasteiger partial charge in [-0.25, -0.2) is 27.1 Å². The Hall–Kier alpha value is -1.76. The van der Waals surface area contributed by atoms with Crippen molar-refractivity contribution in [2.75, 3.05) is 28.2 Å². The maximum absolute atomic E-state index is 11.4. The highest BCUT2D eigenvalue weighted by molar-refractivity contribution is 7.90. The van der Waals surface area contributed by atoms with Gasteiger partial charge in [0.05, 0.1) is 0 Å². The highest BCUT2D eigenvalue weighted by Gasteiger charge is 2.30. The Morgan fingerprint density at radius 2 is 1.04 bits per heavy atom. The number of primary sulfonamides is 2. The summed E-state index contributed by atoms with van der Waals surface area (Å²) in [5, 5.41) is 7.59. The fraction of sp³-hybridized carbons (Fsp3) is 0.625. The van der Waals surface area contributed by atoms with Crippen LogP contribution in [-0.4, -0.2) is 77.1 Å². The van der Waals surface area contributed by atoms with Crippen molar-refractivity contribution in [3.63, 3.8) is 0 Å². The van der Waals surface area contributed by atoms with Gasteiger partial charge in [-0.1, -0.05) is 12.2 Å². The molecule has 0 rings (SSSR count). The Morgan fingerprint density at radius 1 is 0.786 bits per heavy atom. The van der Waals surface area contributed by atoms with Gasteiger partial charge < -0.3 is 9.80 Å². The van der Waals surface area contributed by atoms with Crippen LogP contribution in [0.4, 0.5) is 0 Å². The molecule has 0 spiro atoms. The Labute approximate surface area is 168 Å². The topological polar surface area (TPSA) is 161 Å². The van der Waals surface area contributed by atoms with Gasteiger partial charge in [-0.3, -0.25) is 9.59 Å². The van der Waals surface area contributed by atoms with E-state index in [-0.39, 0.29) is 12.8 Å². The quantitative estimate of drug-likeness (QED) is 0.431. The third-order valence-electron chi connectivity index (χ3n) is 3.49. The van der Waals surface area contributed by atoms with Crippen LogP contribution >= 0.6 is 0 Å². The van der Waals surface area contributed by atoms with E-state index in [1.807, 2.05) is 0 Å². The summed E-state index contributed by atoms with van der Waals surface area (Å²) in [6, 6.07) is 0. The molecule has 0 saturated heterocycles. The SMILES string of the molecule is C=CCC[C@@H](C(=O)N(C)C)S(N)(=O)=O.C=CCC[C@H](C(=O)N(C)C)S(N)(=O)=O. The highest BCUT2D eigenvalue weighted by atomic mass is 32.2. The van der Waals surface area contributed by atoms with E-state index in [1.54, 1.807) is 12.2 Å². The molecule has 0 bridgehead atoms. The fourth-order valence-electron chi connectivity index (χ4n) is 1.97. The molecule has 0 aliphatic rings. The molecular weight excluding hydrogens is 408 g/mol.